The SMILES string of the molecule is Cc1ccc(-c2ccc(N(c3ccc(-c4ccc(N(c5ccc(-c6ccccc6)cc5)c5ccc(C)c(C)c5)cc4)cc3)c3ccc(C)c(C)c3)cc2)cc1. The molecule has 0 amide bonds. The molecule has 0 aliphatic heterocycles. The highest BCUT2D eigenvalue weighted by molar-refractivity contribution is 5.82. The molecular weight excluding hydrogens is 665 g/mol. The molecule has 0 spiro atoms. The molecule has 0 aliphatic carbocycles. The maximum absolute atomic E-state index is 2.35. The molecule has 0 unspecified atom stereocenters. The number of hydrogen-bond donors (Lipinski definition) is 0. The molecule has 8 rings (SSSR count). The molecule has 0 radical (unpaired) electrons. The van der Waals surface area contributed by atoms with Gasteiger partial charge in [-0.15, -0.1) is 0 Å². The normalized spacial score (nSPS) is 11.0. The molecule has 0 saturated carbocycles. The molecule has 55 heavy (non-hydrogen) atoms. The summed E-state index contributed by atoms with van der Waals surface area (Å²) in [7, 11) is 0. The summed E-state index contributed by atoms with van der Waals surface area (Å²) < 4.78 is 0. The van der Waals surface area contributed by atoms with Crippen LogP contribution in [-0.4, -0.2) is 0 Å². The zero-order valence-electron chi connectivity index (χ0n) is 32.3. The second kappa shape index (κ2) is 15.4. The van der Waals surface area contributed by atoms with E-state index in [1.807, 2.05) is 0 Å². The van der Waals surface area contributed by atoms with Gasteiger partial charge in [0.1, 0.15) is 0 Å². The second-order valence-corrected chi connectivity index (χ2v) is 14.6. The topological polar surface area (TPSA) is 6.48 Å². The third kappa shape index (κ3) is 7.58. The van der Waals surface area contributed by atoms with Gasteiger partial charge in [0.05, 0.1) is 0 Å². The van der Waals surface area contributed by atoms with Crippen molar-refractivity contribution in [1.82, 2.24) is 0 Å². The fourth-order valence-electron chi connectivity index (χ4n) is 7.21. The van der Waals surface area contributed by atoms with Crippen LogP contribution in [0.25, 0.3) is 33.4 Å². The number of benzene rings is 8. The van der Waals surface area contributed by atoms with Gasteiger partial charge in [-0.2, -0.15) is 0 Å². The van der Waals surface area contributed by atoms with Crippen molar-refractivity contribution in [2.75, 3.05) is 9.80 Å². The van der Waals surface area contributed by atoms with Crippen LogP contribution in [0.1, 0.15) is 27.8 Å². The Bertz CT molecular complexity index is 2530. The first-order chi connectivity index (χ1) is 26.8. The summed E-state index contributed by atoms with van der Waals surface area (Å²) >= 11 is 0. The van der Waals surface area contributed by atoms with E-state index in [0.717, 1.165) is 34.1 Å². The van der Waals surface area contributed by atoms with Crippen LogP contribution in [0.5, 0.6) is 0 Å². The van der Waals surface area contributed by atoms with Crippen LogP contribution in [0.15, 0.2) is 188 Å². The molecule has 8 aromatic carbocycles. The molecule has 0 saturated heterocycles. The molecule has 0 aromatic heterocycles. The van der Waals surface area contributed by atoms with Crippen LogP contribution in [0, 0.1) is 34.6 Å². The molecule has 2 nitrogen and oxygen atoms in total. The van der Waals surface area contributed by atoms with Crippen LogP contribution in [0.2, 0.25) is 0 Å². The number of anilines is 6. The van der Waals surface area contributed by atoms with E-state index in [4.69, 9.17) is 0 Å². The molecule has 268 valence electrons. The fraction of sp³-hybridized carbons (Fsp3) is 0.0943. The number of aryl methyl sites for hydroxylation is 5. The third-order valence-corrected chi connectivity index (χ3v) is 10.8. The van der Waals surface area contributed by atoms with Gasteiger partial charge < -0.3 is 9.80 Å². The highest BCUT2D eigenvalue weighted by Gasteiger charge is 2.16. The summed E-state index contributed by atoms with van der Waals surface area (Å²) in [5.74, 6) is 0. The summed E-state index contributed by atoms with van der Waals surface area (Å²) in [6.07, 6.45) is 0. The zero-order chi connectivity index (χ0) is 37.9. The second-order valence-electron chi connectivity index (χ2n) is 14.6. The van der Waals surface area contributed by atoms with E-state index in [0.29, 0.717) is 0 Å². The van der Waals surface area contributed by atoms with Gasteiger partial charge >= 0.3 is 0 Å². The van der Waals surface area contributed by atoms with Crippen molar-refractivity contribution in [2.45, 2.75) is 34.6 Å². The van der Waals surface area contributed by atoms with Crippen LogP contribution in [-0.2, 0) is 0 Å². The highest BCUT2D eigenvalue weighted by atomic mass is 15.1. The predicted molar refractivity (Wildman–Crippen MR) is 236 cm³/mol. The van der Waals surface area contributed by atoms with E-state index < -0.39 is 0 Å². The van der Waals surface area contributed by atoms with Crippen molar-refractivity contribution < 1.29 is 0 Å². The average Bonchev–Trinajstić information content (AvgIpc) is 3.22. The Labute approximate surface area is 326 Å². The minimum absolute atomic E-state index is 1.12. The largest absolute Gasteiger partial charge is 0.310 e. The van der Waals surface area contributed by atoms with E-state index in [-0.39, 0.29) is 0 Å². The smallest absolute Gasteiger partial charge is 0.0464 e. The molecule has 2 heteroatoms. The third-order valence-electron chi connectivity index (χ3n) is 10.8. The Kier molecular flexibility index (Phi) is 9.90. The average molecular weight is 711 g/mol. The molecule has 0 aliphatic rings. The molecule has 8 aromatic rings. The van der Waals surface area contributed by atoms with Gasteiger partial charge in [0.25, 0.3) is 0 Å². The Hall–Kier alpha value is -6.64. The van der Waals surface area contributed by atoms with Gasteiger partial charge in [0.2, 0.25) is 0 Å². The highest BCUT2D eigenvalue weighted by Crippen LogP contribution is 2.40. The van der Waals surface area contributed by atoms with Crippen molar-refractivity contribution >= 4 is 34.1 Å². The maximum atomic E-state index is 2.35. The van der Waals surface area contributed by atoms with E-state index in [1.54, 1.807) is 0 Å². The van der Waals surface area contributed by atoms with Gasteiger partial charge in [0, 0.05) is 34.1 Å². The van der Waals surface area contributed by atoms with Crippen LogP contribution < -0.4 is 9.80 Å². The molecule has 0 bridgehead atoms. The molecule has 0 atom stereocenters. The number of hydrogen-bond acceptors (Lipinski definition) is 2. The van der Waals surface area contributed by atoms with Gasteiger partial charge in [-0.25, -0.2) is 0 Å². The lowest BCUT2D eigenvalue weighted by atomic mass is 10.0. The monoisotopic (exact) mass is 710 g/mol. The Morgan fingerprint density at radius 1 is 0.236 bits per heavy atom. The van der Waals surface area contributed by atoms with Crippen molar-refractivity contribution in [3.63, 3.8) is 0 Å². The van der Waals surface area contributed by atoms with Gasteiger partial charge in [0.15, 0.2) is 0 Å². The quantitative estimate of drug-likeness (QED) is 0.147. The van der Waals surface area contributed by atoms with E-state index >= 15 is 0 Å². The van der Waals surface area contributed by atoms with Crippen LogP contribution in [0.3, 0.4) is 0 Å². The van der Waals surface area contributed by atoms with Gasteiger partial charge in [-0.1, -0.05) is 121 Å². The van der Waals surface area contributed by atoms with Crippen molar-refractivity contribution in [3.8, 4) is 33.4 Å². The van der Waals surface area contributed by atoms with Gasteiger partial charge in [-0.05, 0) is 163 Å². The fourth-order valence-corrected chi connectivity index (χ4v) is 7.21. The summed E-state index contributed by atoms with van der Waals surface area (Å²) in [4.78, 5) is 4.70. The van der Waals surface area contributed by atoms with Crippen LogP contribution >= 0.6 is 0 Å². The molecule has 0 N–H and O–H groups in total. The van der Waals surface area contributed by atoms with E-state index in [2.05, 4.69) is 232 Å². The summed E-state index contributed by atoms with van der Waals surface area (Å²) in [5, 5.41) is 0. The molecule has 0 heterocycles. The zero-order valence-corrected chi connectivity index (χ0v) is 32.3. The first kappa shape index (κ1) is 35.4. The summed E-state index contributed by atoms with van der Waals surface area (Å²) in [6.45, 7) is 10.8. The number of rotatable bonds is 9. The van der Waals surface area contributed by atoms with Crippen molar-refractivity contribution in [1.29, 1.82) is 0 Å². The Morgan fingerprint density at radius 3 is 0.818 bits per heavy atom. The van der Waals surface area contributed by atoms with Gasteiger partial charge in [-0.3, -0.25) is 0 Å². The first-order valence-electron chi connectivity index (χ1n) is 19.1. The first-order valence-corrected chi connectivity index (χ1v) is 19.1. The van der Waals surface area contributed by atoms with Crippen LogP contribution in [0.4, 0.5) is 34.1 Å². The summed E-state index contributed by atoms with van der Waals surface area (Å²) in [5.41, 5.74) is 20.4. The van der Waals surface area contributed by atoms with Crippen molar-refractivity contribution in [3.05, 3.63) is 216 Å². The van der Waals surface area contributed by atoms with E-state index in [9.17, 15) is 0 Å². The molecular formula is C53H46N2. The Balaban J connectivity index is 1.10. The van der Waals surface area contributed by atoms with E-state index in [1.165, 1.54) is 61.2 Å². The Morgan fingerprint density at radius 2 is 0.509 bits per heavy atom. The lowest BCUT2D eigenvalue weighted by Crippen LogP contribution is -2.10. The number of nitrogens with zero attached hydrogens (tertiary/aromatic N) is 2. The predicted octanol–water partition coefficient (Wildman–Crippen LogP) is 15.2. The van der Waals surface area contributed by atoms with Crippen molar-refractivity contribution in [2.24, 2.45) is 0 Å². The lowest BCUT2D eigenvalue weighted by molar-refractivity contribution is 1.25. The standard InChI is InChI=1S/C53H46N2/c1-37-11-15-43(16-12-37)45-19-29-49(30-20-45)55(53-26-14-39(3)41(5)36-53)51-33-23-47(24-34-51)46-21-31-50(32-22-46)54(52-25-13-38(2)40(4)35-52)48-27-17-44(18-28-48)42-9-7-6-8-10-42/h6-36H,1-5H3. The summed E-state index contributed by atoms with van der Waals surface area (Å²) in [6, 6.07) is 68.4. The minimum atomic E-state index is 1.12. The molecule has 0 fully saturated rings. The lowest BCUT2D eigenvalue weighted by Gasteiger charge is -2.27. The minimum Gasteiger partial charge on any atom is -0.310 e. The maximum Gasteiger partial charge on any atom is 0.0464 e.